The van der Waals surface area contributed by atoms with Crippen molar-refractivity contribution >= 4 is 49.1 Å². The first-order chi connectivity index (χ1) is 13.0. The molecule has 142 valence electrons. The third kappa shape index (κ3) is 4.56. The van der Waals surface area contributed by atoms with Crippen molar-refractivity contribution in [3.63, 3.8) is 0 Å². The lowest BCUT2D eigenvalue weighted by molar-refractivity contribution is 0.0803. The number of halogens is 1. The van der Waals surface area contributed by atoms with Crippen molar-refractivity contribution in [1.82, 2.24) is 10.3 Å². The average Bonchev–Trinajstić information content (AvgIpc) is 3.10. The summed E-state index contributed by atoms with van der Waals surface area (Å²) in [6, 6.07) is 7.48. The number of ether oxygens (including phenoxy) is 1. The minimum absolute atomic E-state index is 0.0495. The maximum Gasteiger partial charge on any atom is 0.254 e. The number of anilines is 1. The average molecular weight is 452 g/mol. The Morgan fingerprint density at radius 3 is 2.81 bits per heavy atom. The largest absolute Gasteiger partial charge is 0.489 e. The lowest BCUT2D eigenvalue weighted by Crippen LogP contribution is -2.34. The van der Waals surface area contributed by atoms with Crippen LogP contribution in [0.3, 0.4) is 0 Å². The number of fused-ring (bicyclic) bond motifs is 1. The van der Waals surface area contributed by atoms with Crippen LogP contribution < -0.4 is 15.8 Å². The van der Waals surface area contributed by atoms with Gasteiger partial charge in [-0.2, -0.15) is 0 Å². The van der Waals surface area contributed by atoms with Gasteiger partial charge in [-0.1, -0.05) is 15.9 Å². The number of pyridine rings is 1. The number of hydrogen-bond donors (Lipinski definition) is 4. The number of hydrogen-bond acceptors (Lipinski definition) is 7. The van der Waals surface area contributed by atoms with Crippen molar-refractivity contribution in [2.75, 3.05) is 18.9 Å². The van der Waals surface area contributed by atoms with Gasteiger partial charge in [0.25, 0.3) is 5.91 Å². The van der Waals surface area contributed by atoms with E-state index >= 15 is 0 Å². The molecule has 0 spiro atoms. The molecule has 1 amide bonds. The van der Waals surface area contributed by atoms with Gasteiger partial charge >= 0.3 is 0 Å². The molecule has 0 aliphatic carbocycles. The van der Waals surface area contributed by atoms with Crippen LogP contribution >= 0.6 is 27.3 Å². The zero-order valence-corrected chi connectivity index (χ0v) is 16.6. The lowest BCUT2D eigenvalue weighted by Gasteiger charge is -2.10. The summed E-state index contributed by atoms with van der Waals surface area (Å²) in [4.78, 5) is 16.5. The Morgan fingerprint density at radius 2 is 2.11 bits per heavy atom. The second kappa shape index (κ2) is 8.66. The smallest absolute Gasteiger partial charge is 0.254 e. The van der Waals surface area contributed by atoms with Crippen LogP contribution in [0.4, 0.5) is 5.82 Å². The van der Waals surface area contributed by atoms with E-state index in [1.165, 1.54) is 17.5 Å². The molecule has 0 fully saturated rings. The predicted octanol–water partition coefficient (Wildman–Crippen LogP) is 2.30. The molecular weight excluding hydrogens is 434 g/mol. The highest BCUT2D eigenvalue weighted by atomic mass is 79.9. The molecule has 0 bridgehead atoms. The van der Waals surface area contributed by atoms with E-state index in [9.17, 15) is 9.90 Å². The van der Waals surface area contributed by atoms with Crippen LogP contribution in [0.15, 0.2) is 40.3 Å². The molecule has 1 atom stereocenters. The summed E-state index contributed by atoms with van der Waals surface area (Å²) in [5.74, 6) is 0.658. The summed E-state index contributed by atoms with van der Waals surface area (Å²) in [6.45, 7) is -0.180. The lowest BCUT2D eigenvalue weighted by atomic mass is 10.1. The summed E-state index contributed by atoms with van der Waals surface area (Å²) in [6.07, 6.45) is 0.401. The van der Waals surface area contributed by atoms with Crippen LogP contribution in [0.2, 0.25) is 0 Å². The Morgan fingerprint density at radius 1 is 1.37 bits per heavy atom. The summed E-state index contributed by atoms with van der Waals surface area (Å²) >= 11 is 4.76. The molecule has 0 radical (unpaired) electrons. The van der Waals surface area contributed by atoms with Gasteiger partial charge in [0.05, 0.1) is 23.0 Å². The zero-order chi connectivity index (χ0) is 19.4. The number of nitrogens with zero attached hydrogens (tertiary/aromatic N) is 1. The van der Waals surface area contributed by atoms with Crippen LogP contribution in [0.5, 0.6) is 5.75 Å². The highest BCUT2D eigenvalue weighted by Gasteiger charge is 2.18. The van der Waals surface area contributed by atoms with E-state index in [2.05, 4.69) is 26.2 Å². The molecule has 3 aromatic rings. The second-order valence-corrected chi connectivity index (χ2v) is 7.61. The van der Waals surface area contributed by atoms with Crippen LogP contribution in [0.1, 0.15) is 15.9 Å². The number of thiophene rings is 1. The van der Waals surface area contributed by atoms with Gasteiger partial charge in [-0.3, -0.25) is 4.79 Å². The van der Waals surface area contributed by atoms with Crippen LogP contribution in [-0.4, -0.2) is 40.4 Å². The molecule has 1 unspecified atom stereocenters. The highest BCUT2D eigenvalue weighted by Crippen LogP contribution is 2.33. The van der Waals surface area contributed by atoms with Crippen molar-refractivity contribution < 1.29 is 19.7 Å². The third-order valence-corrected chi connectivity index (χ3v) is 5.45. The van der Waals surface area contributed by atoms with E-state index < -0.39 is 12.7 Å². The van der Waals surface area contributed by atoms with Crippen molar-refractivity contribution in [1.29, 1.82) is 0 Å². The molecule has 0 aliphatic heterocycles. The number of aliphatic hydroxyl groups excluding tert-OH is 2. The molecule has 7 nitrogen and oxygen atoms in total. The minimum Gasteiger partial charge on any atom is -0.489 e. The van der Waals surface area contributed by atoms with Gasteiger partial charge in [-0.25, -0.2) is 4.98 Å². The fraction of sp³-hybridized carbons (Fsp3) is 0.222. The molecule has 3 rings (SSSR count). The van der Waals surface area contributed by atoms with E-state index in [0.29, 0.717) is 28.1 Å². The number of aliphatic hydroxyl groups is 2. The second-order valence-electron chi connectivity index (χ2n) is 5.81. The van der Waals surface area contributed by atoms with Gasteiger partial charge < -0.3 is 26.0 Å². The van der Waals surface area contributed by atoms with Gasteiger partial charge in [0, 0.05) is 28.2 Å². The Kier molecular flexibility index (Phi) is 6.27. The van der Waals surface area contributed by atoms with E-state index in [-0.39, 0.29) is 12.5 Å². The molecule has 0 saturated heterocycles. The van der Waals surface area contributed by atoms with E-state index in [1.807, 2.05) is 29.6 Å². The highest BCUT2D eigenvalue weighted by molar-refractivity contribution is 9.10. The Hall–Kier alpha value is -2.20. The first-order valence-electron chi connectivity index (χ1n) is 8.09. The molecule has 0 saturated carbocycles. The number of benzene rings is 1. The fourth-order valence-electron chi connectivity index (χ4n) is 2.46. The van der Waals surface area contributed by atoms with Gasteiger partial charge in [0.15, 0.2) is 0 Å². The van der Waals surface area contributed by atoms with E-state index in [1.54, 1.807) is 0 Å². The van der Waals surface area contributed by atoms with E-state index in [4.69, 9.17) is 15.6 Å². The molecule has 1 aromatic carbocycles. The van der Waals surface area contributed by atoms with Gasteiger partial charge in [-0.05, 0) is 29.6 Å². The maximum atomic E-state index is 12.4. The first-order valence-corrected chi connectivity index (χ1v) is 9.77. The maximum absolute atomic E-state index is 12.4. The molecule has 2 heterocycles. The Bertz CT molecular complexity index is 946. The molecule has 0 aliphatic rings. The van der Waals surface area contributed by atoms with Gasteiger partial charge in [-0.15, -0.1) is 11.3 Å². The van der Waals surface area contributed by atoms with Crippen molar-refractivity contribution in [2.45, 2.75) is 12.7 Å². The van der Waals surface area contributed by atoms with Gasteiger partial charge in [0.2, 0.25) is 0 Å². The number of nitrogens with two attached hydrogens (primary N) is 1. The number of aromatic nitrogens is 1. The minimum atomic E-state index is -1.01. The Balaban J connectivity index is 1.82. The summed E-state index contributed by atoms with van der Waals surface area (Å²) < 4.78 is 7.47. The third-order valence-electron chi connectivity index (χ3n) is 3.86. The van der Waals surface area contributed by atoms with Crippen molar-refractivity contribution in [3.8, 4) is 5.75 Å². The predicted molar refractivity (Wildman–Crippen MR) is 108 cm³/mol. The number of carbonyl (C=O) groups excluding carboxylic acids is 1. The Labute approximate surface area is 167 Å². The molecular formula is C18H18BrN3O4S. The quantitative estimate of drug-likeness (QED) is 0.437. The molecule has 2 aromatic heterocycles. The van der Waals surface area contributed by atoms with Crippen molar-refractivity contribution in [2.24, 2.45) is 0 Å². The number of nitrogen functional groups attached to an aromatic ring is 1. The standard InChI is InChI=1S/C18H18BrN3O4S/c19-11-1-3-13(4-2-11)26-8-10-9-27-16-14(6-21-17(20)15(10)16)18(25)22-5-12(24)7-23/h1-4,6,9,12,23-24H,5,7-8H2,(H2,20,21)(H,22,25). The number of rotatable bonds is 7. The molecule has 27 heavy (non-hydrogen) atoms. The molecule has 9 heteroatoms. The normalized spacial score (nSPS) is 12.1. The molecule has 5 N–H and O–H groups in total. The SMILES string of the molecule is Nc1ncc(C(=O)NCC(O)CO)c2scc(COc3ccc(Br)cc3)c12. The summed E-state index contributed by atoms with van der Waals surface area (Å²) in [5, 5.41) is 23.4. The summed E-state index contributed by atoms with van der Waals surface area (Å²) in [5.41, 5.74) is 7.24. The monoisotopic (exact) mass is 451 g/mol. The fourth-order valence-corrected chi connectivity index (χ4v) is 3.80. The topological polar surface area (TPSA) is 118 Å². The van der Waals surface area contributed by atoms with Crippen LogP contribution in [0, 0.1) is 0 Å². The number of carbonyl (C=O) groups is 1. The first kappa shape index (κ1) is 19.6. The van der Waals surface area contributed by atoms with E-state index in [0.717, 1.165) is 15.8 Å². The number of nitrogens with one attached hydrogen (secondary N) is 1. The van der Waals surface area contributed by atoms with Crippen LogP contribution in [0.25, 0.3) is 10.1 Å². The summed E-state index contributed by atoms with van der Waals surface area (Å²) in [7, 11) is 0. The van der Waals surface area contributed by atoms with Crippen molar-refractivity contribution in [3.05, 3.63) is 51.4 Å². The van der Waals surface area contributed by atoms with Crippen LogP contribution in [-0.2, 0) is 6.61 Å². The zero-order valence-electron chi connectivity index (χ0n) is 14.2. The van der Waals surface area contributed by atoms with Gasteiger partial charge in [0.1, 0.15) is 18.2 Å². The number of amides is 1.